The molecule has 3 aliphatic rings. The van der Waals surface area contributed by atoms with E-state index in [-0.39, 0.29) is 24.0 Å². The van der Waals surface area contributed by atoms with E-state index in [2.05, 4.69) is 51.9 Å². The van der Waals surface area contributed by atoms with Gasteiger partial charge in [0.05, 0.1) is 6.10 Å². The van der Waals surface area contributed by atoms with Crippen LogP contribution >= 0.6 is 24.0 Å². The van der Waals surface area contributed by atoms with Crippen LogP contribution in [-0.2, 0) is 11.2 Å². The Morgan fingerprint density at radius 2 is 2.21 bits per heavy atom. The van der Waals surface area contributed by atoms with Gasteiger partial charge in [0.2, 0.25) is 0 Å². The maximum Gasteiger partial charge on any atom is 0.191 e. The van der Waals surface area contributed by atoms with Crippen molar-refractivity contribution in [3.05, 3.63) is 35.5 Å². The van der Waals surface area contributed by atoms with Crippen LogP contribution in [0.2, 0.25) is 0 Å². The summed E-state index contributed by atoms with van der Waals surface area (Å²) in [6.07, 6.45) is 8.76. The minimum absolute atomic E-state index is 0. The number of aromatic nitrogens is 1. The lowest BCUT2D eigenvalue weighted by atomic mass is 9.46. The van der Waals surface area contributed by atoms with E-state index in [1.807, 2.05) is 7.05 Å². The molecule has 5 nitrogen and oxygen atoms in total. The molecule has 3 N–H and O–H groups in total. The van der Waals surface area contributed by atoms with E-state index in [9.17, 15) is 0 Å². The number of hydrogen-bond donors (Lipinski definition) is 3. The Morgan fingerprint density at radius 3 is 2.96 bits per heavy atom. The van der Waals surface area contributed by atoms with Crippen LogP contribution in [0.25, 0.3) is 10.9 Å². The molecule has 1 spiro atoms. The summed E-state index contributed by atoms with van der Waals surface area (Å²) in [5.41, 5.74) is 4.25. The lowest BCUT2D eigenvalue weighted by Gasteiger charge is -2.63. The van der Waals surface area contributed by atoms with Gasteiger partial charge >= 0.3 is 0 Å². The maximum atomic E-state index is 6.03. The number of benzene rings is 1. The zero-order valence-electron chi connectivity index (χ0n) is 16.8. The standard InChI is InChI=1S/C22H30N4O.HI/c1-14-4-5-16-15(13-25-18(16)12-14)6-10-24-21(23-2)26-19-17-7-11-27-20(17)22(19)8-3-9-22;/h4-5,12-13,17,19-20,25H,3,6-11H2,1-2H3,(H2,23,24,26);1H. The number of rotatable bonds is 4. The number of hydrogen-bond acceptors (Lipinski definition) is 2. The molecule has 28 heavy (non-hydrogen) atoms. The third-order valence-electron chi connectivity index (χ3n) is 7.16. The first-order chi connectivity index (χ1) is 13.2. The number of fused-ring (bicyclic) bond motifs is 3. The highest BCUT2D eigenvalue weighted by Crippen LogP contribution is 2.62. The summed E-state index contributed by atoms with van der Waals surface area (Å²) in [5, 5.41) is 8.60. The Kier molecular flexibility index (Phi) is 5.62. The Labute approximate surface area is 184 Å². The maximum absolute atomic E-state index is 6.03. The highest BCUT2D eigenvalue weighted by molar-refractivity contribution is 14.0. The van der Waals surface area contributed by atoms with Crippen molar-refractivity contribution in [2.24, 2.45) is 16.3 Å². The summed E-state index contributed by atoms with van der Waals surface area (Å²) in [4.78, 5) is 7.88. The van der Waals surface area contributed by atoms with Crippen molar-refractivity contribution in [2.75, 3.05) is 20.2 Å². The van der Waals surface area contributed by atoms with Crippen LogP contribution in [0.1, 0.15) is 36.8 Å². The summed E-state index contributed by atoms with van der Waals surface area (Å²) in [5.74, 6) is 1.60. The highest BCUT2D eigenvalue weighted by atomic mass is 127. The summed E-state index contributed by atoms with van der Waals surface area (Å²) in [6, 6.07) is 7.14. The van der Waals surface area contributed by atoms with E-state index in [0.29, 0.717) is 23.5 Å². The van der Waals surface area contributed by atoms with Crippen LogP contribution in [0.15, 0.2) is 29.4 Å². The normalized spacial score (nSPS) is 27.6. The SMILES string of the molecule is CN=C(NCCc1c[nH]c2cc(C)ccc12)NC1C2CCOC2C12CCC2.I. The Bertz CT molecular complexity index is 873. The molecule has 5 rings (SSSR count). The van der Waals surface area contributed by atoms with Crippen molar-refractivity contribution >= 4 is 40.8 Å². The number of halogens is 1. The molecule has 1 aliphatic heterocycles. The number of guanidine groups is 1. The van der Waals surface area contributed by atoms with Gasteiger partial charge in [-0.3, -0.25) is 4.99 Å². The van der Waals surface area contributed by atoms with Crippen molar-refractivity contribution in [1.29, 1.82) is 0 Å². The Balaban J connectivity index is 0.00000192. The number of H-pyrrole nitrogens is 1. The second-order valence-electron chi connectivity index (χ2n) is 8.56. The third kappa shape index (κ3) is 3.12. The Hall–Kier alpha value is -1.28. The van der Waals surface area contributed by atoms with Gasteiger partial charge in [0.25, 0.3) is 0 Å². The number of nitrogens with one attached hydrogen (secondary N) is 3. The van der Waals surface area contributed by atoms with Crippen molar-refractivity contribution in [2.45, 2.75) is 51.2 Å². The number of aromatic amines is 1. The van der Waals surface area contributed by atoms with Gasteiger partial charge in [-0.25, -0.2) is 0 Å². The minimum Gasteiger partial charge on any atom is -0.377 e. The second-order valence-corrected chi connectivity index (χ2v) is 8.56. The largest absolute Gasteiger partial charge is 0.377 e. The summed E-state index contributed by atoms with van der Waals surface area (Å²) in [7, 11) is 1.87. The topological polar surface area (TPSA) is 61.4 Å². The van der Waals surface area contributed by atoms with Gasteiger partial charge in [0.1, 0.15) is 0 Å². The molecule has 1 aromatic heterocycles. The van der Waals surface area contributed by atoms with Gasteiger partial charge < -0.3 is 20.4 Å². The van der Waals surface area contributed by atoms with E-state index >= 15 is 0 Å². The molecule has 2 aliphatic carbocycles. The fourth-order valence-electron chi connectivity index (χ4n) is 5.62. The average molecular weight is 494 g/mol. The number of nitrogens with zero attached hydrogens (tertiary/aromatic N) is 1. The van der Waals surface area contributed by atoms with Gasteiger partial charge in [-0.05, 0) is 49.8 Å². The van der Waals surface area contributed by atoms with Gasteiger partial charge in [0, 0.05) is 54.7 Å². The van der Waals surface area contributed by atoms with Crippen molar-refractivity contribution in [3.8, 4) is 0 Å². The molecule has 3 unspecified atom stereocenters. The molecule has 2 aromatic rings. The molecule has 1 aromatic carbocycles. The molecule has 0 bridgehead atoms. The molecule has 1 saturated heterocycles. The van der Waals surface area contributed by atoms with E-state index < -0.39 is 0 Å². The van der Waals surface area contributed by atoms with Crippen LogP contribution in [-0.4, -0.2) is 43.3 Å². The van der Waals surface area contributed by atoms with E-state index in [4.69, 9.17) is 4.74 Å². The lowest BCUT2D eigenvalue weighted by Crippen LogP contribution is -2.72. The van der Waals surface area contributed by atoms with Crippen molar-refractivity contribution in [3.63, 3.8) is 0 Å². The third-order valence-corrected chi connectivity index (χ3v) is 7.16. The molecular weight excluding hydrogens is 463 g/mol. The predicted octanol–water partition coefficient (Wildman–Crippen LogP) is 3.76. The molecule has 3 fully saturated rings. The molecular formula is C22H31IN4O. The van der Waals surface area contributed by atoms with Crippen LogP contribution in [0.3, 0.4) is 0 Å². The zero-order chi connectivity index (χ0) is 18.4. The average Bonchev–Trinajstić information content (AvgIpc) is 3.21. The summed E-state index contributed by atoms with van der Waals surface area (Å²) >= 11 is 0. The number of aliphatic imine (C=N–C) groups is 1. The second kappa shape index (κ2) is 7.86. The number of aryl methyl sites for hydroxylation is 1. The minimum atomic E-state index is 0. The molecule has 0 amide bonds. The van der Waals surface area contributed by atoms with E-state index in [0.717, 1.165) is 25.5 Å². The van der Waals surface area contributed by atoms with Gasteiger partial charge in [-0.15, -0.1) is 24.0 Å². The molecule has 0 radical (unpaired) electrons. The first kappa shape index (κ1) is 20.0. The van der Waals surface area contributed by atoms with Gasteiger partial charge in [-0.2, -0.15) is 0 Å². The molecule has 3 atom stereocenters. The van der Waals surface area contributed by atoms with Crippen LogP contribution < -0.4 is 10.6 Å². The summed E-state index contributed by atoms with van der Waals surface area (Å²) < 4.78 is 6.03. The quantitative estimate of drug-likeness (QED) is 0.345. The summed E-state index contributed by atoms with van der Waals surface area (Å²) in [6.45, 7) is 3.94. The monoisotopic (exact) mass is 494 g/mol. The smallest absolute Gasteiger partial charge is 0.191 e. The van der Waals surface area contributed by atoms with Gasteiger partial charge in [0.15, 0.2) is 5.96 Å². The molecule has 152 valence electrons. The zero-order valence-corrected chi connectivity index (χ0v) is 19.1. The molecule has 2 saturated carbocycles. The highest BCUT2D eigenvalue weighted by Gasteiger charge is 2.66. The fourth-order valence-corrected chi connectivity index (χ4v) is 5.62. The van der Waals surface area contributed by atoms with Crippen LogP contribution in [0.5, 0.6) is 0 Å². The number of ether oxygens (including phenoxy) is 1. The van der Waals surface area contributed by atoms with Crippen LogP contribution in [0, 0.1) is 18.3 Å². The van der Waals surface area contributed by atoms with E-state index in [1.165, 1.54) is 47.7 Å². The fraction of sp³-hybridized carbons (Fsp3) is 0.591. The van der Waals surface area contributed by atoms with Crippen LogP contribution in [0.4, 0.5) is 0 Å². The first-order valence-corrected chi connectivity index (χ1v) is 10.4. The van der Waals surface area contributed by atoms with E-state index in [1.54, 1.807) is 0 Å². The first-order valence-electron chi connectivity index (χ1n) is 10.4. The van der Waals surface area contributed by atoms with Gasteiger partial charge in [-0.1, -0.05) is 18.6 Å². The lowest BCUT2D eigenvalue weighted by molar-refractivity contribution is -0.171. The molecule has 2 heterocycles. The predicted molar refractivity (Wildman–Crippen MR) is 125 cm³/mol. The van der Waals surface area contributed by atoms with Crippen molar-refractivity contribution in [1.82, 2.24) is 15.6 Å². The molecule has 6 heteroatoms. The Morgan fingerprint density at radius 1 is 1.36 bits per heavy atom. The van der Waals surface area contributed by atoms with Crippen molar-refractivity contribution < 1.29 is 4.74 Å².